The molecule has 0 aromatic heterocycles. The highest BCUT2D eigenvalue weighted by Gasteiger charge is 2.44. The van der Waals surface area contributed by atoms with E-state index in [9.17, 15) is 9.59 Å². The molecule has 0 spiro atoms. The highest BCUT2D eigenvalue weighted by Crippen LogP contribution is 2.33. The Morgan fingerprint density at radius 1 is 0.778 bits per heavy atom. The predicted molar refractivity (Wildman–Crippen MR) is 99.9 cm³/mol. The second-order valence-corrected chi connectivity index (χ2v) is 5.81. The van der Waals surface area contributed by atoms with Gasteiger partial charge in [0.15, 0.2) is 0 Å². The lowest BCUT2D eigenvalue weighted by molar-refractivity contribution is -0.134. The Labute approximate surface area is 156 Å². The van der Waals surface area contributed by atoms with E-state index in [1.54, 1.807) is 48.5 Å². The lowest BCUT2D eigenvalue weighted by atomic mass is 9.95. The summed E-state index contributed by atoms with van der Waals surface area (Å²) in [5.74, 6) is -2.79. The smallest absolute Gasteiger partial charge is 0.335 e. The molecule has 0 aliphatic carbocycles. The van der Waals surface area contributed by atoms with Gasteiger partial charge < -0.3 is 14.6 Å². The van der Waals surface area contributed by atoms with Gasteiger partial charge in [-0.25, -0.2) is 4.79 Å². The molecule has 0 aliphatic rings. The van der Waals surface area contributed by atoms with Crippen molar-refractivity contribution >= 4 is 11.8 Å². The average molecular weight is 362 g/mol. The monoisotopic (exact) mass is 362 g/mol. The Bertz CT molecular complexity index is 920. The van der Waals surface area contributed by atoms with Gasteiger partial charge >= 0.3 is 11.8 Å². The molecule has 0 bridgehead atoms. The van der Waals surface area contributed by atoms with E-state index < -0.39 is 11.8 Å². The molecule has 0 amide bonds. The van der Waals surface area contributed by atoms with Crippen molar-refractivity contribution in [1.82, 2.24) is 0 Å². The Hall–Kier alpha value is -3.44. The van der Waals surface area contributed by atoms with E-state index in [4.69, 9.17) is 14.6 Å². The Morgan fingerprint density at radius 2 is 1.33 bits per heavy atom. The molecule has 3 rings (SSSR count). The number of ether oxygens (including phenoxy) is 2. The molecule has 0 fully saturated rings. The van der Waals surface area contributed by atoms with Crippen LogP contribution in [0.4, 0.5) is 0 Å². The Balaban J connectivity index is 2.06. The quantitative estimate of drug-likeness (QED) is 0.505. The van der Waals surface area contributed by atoms with Crippen molar-refractivity contribution in [2.45, 2.75) is 5.79 Å². The van der Waals surface area contributed by atoms with Crippen LogP contribution in [-0.4, -0.2) is 24.0 Å². The zero-order valence-corrected chi connectivity index (χ0v) is 14.7. The van der Waals surface area contributed by atoms with E-state index in [0.717, 1.165) is 0 Å². The topological polar surface area (TPSA) is 72.8 Å². The number of carbonyl (C=O) groups is 2. The van der Waals surface area contributed by atoms with Crippen LogP contribution in [0.15, 0.2) is 84.9 Å². The molecule has 3 aromatic carbocycles. The summed E-state index contributed by atoms with van der Waals surface area (Å²) in [6.07, 6.45) is 0. The highest BCUT2D eigenvalue weighted by molar-refractivity contribution is 6.02. The van der Waals surface area contributed by atoms with Crippen molar-refractivity contribution in [3.05, 3.63) is 102 Å². The number of carbonyl (C=O) groups excluding carboxylic acids is 1. The summed E-state index contributed by atoms with van der Waals surface area (Å²) in [6, 6.07) is 23.5. The number of ketones is 1. The standard InChI is InChI=1S/C22H18O5/c1-26-22(18-10-6-3-7-11-18,20(23)16-8-4-2-5-9-16)27-19-14-12-17(13-15-19)21(24)25/h2-15H,1H3,(H,24,25). The molecule has 5 nitrogen and oxygen atoms in total. The maximum Gasteiger partial charge on any atom is 0.335 e. The molecular weight excluding hydrogens is 344 g/mol. The zero-order chi connectivity index (χ0) is 19.3. The van der Waals surface area contributed by atoms with Gasteiger partial charge in [0.1, 0.15) is 5.75 Å². The summed E-state index contributed by atoms with van der Waals surface area (Å²) in [7, 11) is 1.40. The first-order valence-electron chi connectivity index (χ1n) is 8.30. The number of benzene rings is 3. The number of methoxy groups -OCH3 is 1. The highest BCUT2D eigenvalue weighted by atomic mass is 16.7. The molecular formula is C22H18O5. The van der Waals surface area contributed by atoms with Crippen LogP contribution in [-0.2, 0) is 10.5 Å². The van der Waals surface area contributed by atoms with Crippen LogP contribution in [0.5, 0.6) is 5.75 Å². The second-order valence-electron chi connectivity index (χ2n) is 5.81. The maximum absolute atomic E-state index is 13.3. The lowest BCUT2D eigenvalue weighted by Crippen LogP contribution is -2.43. The summed E-state index contributed by atoms with van der Waals surface area (Å²) < 4.78 is 11.7. The normalized spacial score (nSPS) is 12.8. The van der Waals surface area contributed by atoms with Gasteiger partial charge in [0.05, 0.1) is 5.56 Å². The van der Waals surface area contributed by atoms with Gasteiger partial charge in [-0.15, -0.1) is 0 Å². The number of hydrogen-bond acceptors (Lipinski definition) is 4. The Kier molecular flexibility index (Phi) is 5.33. The van der Waals surface area contributed by atoms with Crippen LogP contribution >= 0.6 is 0 Å². The van der Waals surface area contributed by atoms with Gasteiger partial charge in [-0.3, -0.25) is 4.79 Å². The van der Waals surface area contributed by atoms with Gasteiger partial charge in [0, 0.05) is 18.2 Å². The van der Waals surface area contributed by atoms with Crippen molar-refractivity contribution in [2.24, 2.45) is 0 Å². The molecule has 1 N–H and O–H groups in total. The van der Waals surface area contributed by atoms with Gasteiger partial charge in [-0.05, 0) is 24.3 Å². The molecule has 0 saturated carbocycles. The molecule has 0 radical (unpaired) electrons. The van der Waals surface area contributed by atoms with Crippen LogP contribution < -0.4 is 4.74 Å². The first-order chi connectivity index (χ1) is 13.1. The maximum atomic E-state index is 13.3. The summed E-state index contributed by atoms with van der Waals surface area (Å²) in [5, 5.41) is 9.05. The second kappa shape index (κ2) is 7.85. The summed E-state index contributed by atoms with van der Waals surface area (Å²) in [4.78, 5) is 24.4. The van der Waals surface area contributed by atoms with Crippen LogP contribution in [0.1, 0.15) is 26.3 Å². The lowest BCUT2D eigenvalue weighted by Gasteiger charge is -2.32. The number of aromatic carboxylic acids is 1. The molecule has 136 valence electrons. The van der Waals surface area contributed by atoms with E-state index in [0.29, 0.717) is 16.9 Å². The van der Waals surface area contributed by atoms with E-state index in [-0.39, 0.29) is 11.3 Å². The SMILES string of the molecule is COC(Oc1ccc(C(=O)O)cc1)(C(=O)c1ccccc1)c1ccccc1. The number of carboxylic acid groups (broad SMARTS) is 1. The van der Waals surface area contributed by atoms with E-state index in [1.165, 1.54) is 31.4 Å². The number of rotatable bonds is 7. The van der Waals surface area contributed by atoms with E-state index >= 15 is 0 Å². The van der Waals surface area contributed by atoms with Crippen LogP contribution in [0.3, 0.4) is 0 Å². The molecule has 0 heterocycles. The molecule has 1 unspecified atom stereocenters. The number of carboxylic acids is 1. The van der Waals surface area contributed by atoms with Crippen molar-refractivity contribution in [2.75, 3.05) is 7.11 Å². The minimum Gasteiger partial charge on any atom is -0.478 e. The first kappa shape index (κ1) is 18.4. The average Bonchev–Trinajstić information content (AvgIpc) is 2.73. The van der Waals surface area contributed by atoms with Crippen molar-refractivity contribution in [3.63, 3.8) is 0 Å². The number of Topliss-reactive ketones (excluding diaryl/α,β-unsaturated/α-hetero) is 1. The largest absolute Gasteiger partial charge is 0.478 e. The van der Waals surface area contributed by atoms with Gasteiger partial charge in [-0.1, -0.05) is 60.7 Å². The fraction of sp³-hybridized carbons (Fsp3) is 0.0909. The third kappa shape index (κ3) is 3.73. The molecule has 1 atom stereocenters. The molecule has 5 heteroatoms. The number of hydrogen-bond donors (Lipinski definition) is 1. The van der Waals surface area contributed by atoms with Crippen LogP contribution in [0.2, 0.25) is 0 Å². The van der Waals surface area contributed by atoms with Gasteiger partial charge in [0.25, 0.3) is 0 Å². The first-order valence-corrected chi connectivity index (χ1v) is 8.30. The third-order valence-electron chi connectivity index (χ3n) is 4.14. The molecule has 0 aliphatic heterocycles. The van der Waals surface area contributed by atoms with E-state index in [2.05, 4.69) is 0 Å². The van der Waals surface area contributed by atoms with Crippen molar-refractivity contribution in [1.29, 1.82) is 0 Å². The summed E-state index contributed by atoms with van der Waals surface area (Å²) >= 11 is 0. The van der Waals surface area contributed by atoms with Crippen LogP contribution in [0.25, 0.3) is 0 Å². The molecule has 27 heavy (non-hydrogen) atoms. The molecule has 3 aromatic rings. The van der Waals surface area contributed by atoms with E-state index in [1.807, 2.05) is 12.1 Å². The van der Waals surface area contributed by atoms with Crippen LogP contribution in [0, 0.1) is 0 Å². The summed E-state index contributed by atoms with van der Waals surface area (Å²) in [5.41, 5.74) is 1.09. The fourth-order valence-corrected chi connectivity index (χ4v) is 2.76. The minimum atomic E-state index is -1.70. The van der Waals surface area contributed by atoms with Crippen molar-refractivity contribution in [3.8, 4) is 5.75 Å². The minimum absolute atomic E-state index is 0.125. The van der Waals surface area contributed by atoms with Gasteiger partial charge in [0.2, 0.25) is 5.78 Å². The summed E-state index contributed by atoms with van der Waals surface area (Å²) in [6.45, 7) is 0. The van der Waals surface area contributed by atoms with Gasteiger partial charge in [-0.2, -0.15) is 0 Å². The predicted octanol–water partition coefficient (Wildman–Crippen LogP) is 4.15. The third-order valence-corrected chi connectivity index (χ3v) is 4.14. The fourth-order valence-electron chi connectivity index (χ4n) is 2.76. The zero-order valence-electron chi connectivity index (χ0n) is 14.7. The Morgan fingerprint density at radius 3 is 1.85 bits per heavy atom. The molecule has 0 saturated heterocycles. The van der Waals surface area contributed by atoms with Crippen molar-refractivity contribution < 1.29 is 24.2 Å².